The Kier molecular flexibility index (Phi) is 8.79. The average Bonchev–Trinajstić information content (AvgIpc) is 3.47. The summed E-state index contributed by atoms with van der Waals surface area (Å²) in [6.45, 7) is 2.14. The number of rotatable bonds is 10. The molecule has 0 bridgehead atoms. The lowest BCUT2D eigenvalue weighted by molar-refractivity contribution is -0.183. The number of hydroxylamine groups is 2. The topological polar surface area (TPSA) is 96.0 Å². The Morgan fingerprint density at radius 2 is 1.88 bits per heavy atom. The number of nitrogens with zero attached hydrogens (tertiary/aromatic N) is 2. The Balaban J connectivity index is 1.69. The summed E-state index contributed by atoms with van der Waals surface area (Å²) in [5.41, 5.74) is 0.929. The van der Waals surface area contributed by atoms with E-state index in [4.69, 9.17) is 4.84 Å². The van der Waals surface area contributed by atoms with Crippen LogP contribution in [0.15, 0.2) is 30.3 Å². The van der Waals surface area contributed by atoms with Crippen molar-refractivity contribution in [3.8, 4) is 0 Å². The second kappa shape index (κ2) is 11.8. The maximum Gasteiger partial charge on any atom is 0.249 e. The number of amides is 4. The molecule has 0 aromatic heterocycles. The third kappa shape index (κ3) is 6.63. The van der Waals surface area contributed by atoms with Crippen LogP contribution in [0.3, 0.4) is 0 Å². The molecule has 1 aromatic carbocycles. The fraction of sp³-hybridized carbons (Fsp3) is 0.583. The van der Waals surface area contributed by atoms with Crippen LogP contribution < -0.4 is 5.32 Å². The summed E-state index contributed by atoms with van der Waals surface area (Å²) in [6.07, 6.45) is 6.97. The third-order valence-corrected chi connectivity index (χ3v) is 6.34. The highest BCUT2D eigenvalue weighted by Gasteiger charge is 2.39. The molecule has 1 aliphatic carbocycles. The van der Waals surface area contributed by atoms with Gasteiger partial charge in [0.05, 0.1) is 12.5 Å². The van der Waals surface area contributed by atoms with Crippen molar-refractivity contribution in [1.29, 1.82) is 0 Å². The first-order valence-corrected chi connectivity index (χ1v) is 11.5. The number of carbonyl (C=O) groups is 4. The van der Waals surface area contributed by atoms with E-state index >= 15 is 0 Å². The molecule has 32 heavy (non-hydrogen) atoms. The second-order valence-corrected chi connectivity index (χ2v) is 8.78. The van der Waals surface area contributed by atoms with Gasteiger partial charge in [-0.2, -0.15) is 0 Å². The fourth-order valence-electron chi connectivity index (χ4n) is 4.77. The van der Waals surface area contributed by atoms with E-state index in [0.29, 0.717) is 38.1 Å². The van der Waals surface area contributed by atoms with Crippen molar-refractivity contribution < 1.29 is 24.0 Å². The van der Waals surface area contributed by atoms with Gasteiger partial charge >= 0.3 is 0 Å². The molecule has 1 heterocycles. The molecule has 1 aliphatic heterocycles. The van der Waals surface area contributed by atoms with Gasteiger partial charge in [-0.1, -0.05) is 56.0 Å². The molecule has 8 nitrogen and oxygen atoms in total. The van der Waals surface area contributed by atoms with Crippen molar-refractivity contribution in [3.63, 3.8) is 0 Å². The smallest absolute Gasteiger partial charge is 0.249 e. The Morgan fingerprint density at radius 1 is 1.16 bits per heavy atom. The lowest BCUT2D eigenvalue weighted by Crippen LogP contribution is -2.50. The van der Waals surface area contributed by atoms with Crippen LogP contribution in [0.4, 0.5) is 0 Å². The Morgan fingerprint density at radius 3 is 2.53 bits per heavy atom. The zero-order valence-corrected chi connectivity index (χ0v) is 18.7. The largest absolute Gasteiger partial charge is 0.330 e. The van der Waals surface area contributed by atoms with E-state index in [0.717, 1.165) is 31.2 Å². The summed E-state index contributed by atoms with van der Waals surface area (Å²) in [5.74, 6) is -1.04. The van der Waals surface area contributed by atoms with Crippen LogP contribution in [0, 0.1) is 11.8 Å². The standard InChI is InChI=1S/C24H33N3O5/c1-18(29)25-23(30)22-12-7-13-27(22)24(31)21(14-19-8-5-6-9-19)15-26(17-28)32-16-20-10-3-2-4-11-20/h2-4,10-11,17,19,21-22H,5-9,12-16H2,1H3,(H,25,29,30)/t21-,22+/m1/s1. The number of nitrogens with one attached hydrogen (secondary N) is 1. The summed E-state index contributed by atoms with van der Waals surface area (Å²) < 4.78 is 0. The summed E-state index contributed by atoms with van der Waals surface area (Å²) in [7, 11) is 0. The number of hydrogen-bond acceptors (Lipinski definition) is 5. The monoisotopic (exact) mass is 443 g/mol. The predicted octanol–water partition coefficient (Wildman–Crippen LogP) is 2.43. The first kappa shape index (κ1) is 23.9. The molecule has 0 radical (unpaired) electrons. The highest BCUT2D eigenvalue weighted by molar-refractivity contribution is 5.98. The predicted molar refractivity (Wildman–Crippen MR) is 118 cm³/mol. The van der Waals surface area contributed by atoms with Crippen LogP contribution in [0.5, 0.6) is 0 Å². The van der Waals surface area contributed by atoms with Crippen LogP contribution in [-0.4, -0.2) is 53.2 Å². The lowest BCUT2D eigenvalue weighted by Gasteiger charge is -2.31. The fourth-order valence-corrected chi connectivity index (χ4v) is 4.77. The molecule has 0 spiro atoms. The first-order chi connectivity index (χ1) is 15.5. The number of carbonyl (C=O) groups excluding carboxylic acids is 4. The SMILES string of the molecule is CC(=O)NC(=O)[C@@H]1CCCN1C(=O)[C@H](CC1CCCC1)CN(C=O)OCc1ccccc1. The zero-order chi connectivity index (χ0) is 22.9. The van der Waals surface area contributed by atoms with E-state index < -0.39 is 23.8 Å². The van der Waals surface area contributed by atoms with E-state index in [1.165, 1.54) is 12.0 Å². The van der Waals surface area contributed by atoms with E-state index in [1.54, 1.807) is 4.90 Å². The second-order valence-electron chi connectivity index (χ2n) is 8.78. The molecule has 2 fully saturated rings. The summed E-state index contributed by atoms with van der Waals surface area (Å²) in [5, 5.41) is 3.51. The molecular weight excluding hydrogens is 410 g/mol. The Labute approximate surface area is 189 Å². The van der Waals surface area contributed by atoms with Gasteiger partial charge in [0.25, 0.3) is 0 Å². The van der Waals surface area contributed by atoms with Gasteiger partial charge < -0.3 is 4.90 Å². The van der Waals surface area contributed by atoms with Crippen LogP contribution in [0.25, 0.3) is 0 Å². The van der Waals surface area contributed by atoms with Gasteiger partial charge in [0, 0.05) is 13.5 Å². The molecule has 1 N–H and O–H groups in total. The number of likely N-dealkylation sites (tertiary alicyclic amines) is 1. The van der Waals surface area contributed by atoms with Crippen molar-refractivity contribution in [2.45, 2.75) is 64.5 Å². The van der Waals surface area contributed by atoms with Crippen molar-refractivity contribution in [3.05, 3.63) is 35.9 Å². The summed E-state index contributed by atoms with van der Waals surface area (Å²) in [6, 6.07) is 8.88. The van der Waals surface area contributed by atoms with Crippen molar-refractivity contribution in [1.82, 2.24) is 15.3 Å². The van der Waals surface area contributed by atoms with Gasteiger partial charge in [-0.15, -0.1) is 0 Å². The minimum atomic E-state index is -0.646. The molecule has 174 valence electrons. The van der Waals surface area contributed by atoms with Crippen molar-refractivity contribution in [2.75, 3.05) is 13.1 Å². The maximum atomic E-state index is 13.5. The molecule has 1 saturated carbocycles. The molecule has 4 amide bonds. The highest BCUT2D eigenvalue weighted by atomic mass is 16.7. The van der Waals surface area contributed by atoms with E-state index in [-0.39, 0.29) is 19.1 Å². The van der Waals surface area contributed by atoms with E-state index in [1.807, 2.05) is 30.3 Å². The van der Waals surface area contributed by atoms with Crippen LogP contribution >= 0.6 is 0 Å². The van der Waals surface area contributed by atoms with Gasteiger partial charge in [0.2, 0.25) is 24.1 Å². The van der Waals surface area contributed by atoms with Gasteiger partial charge in [0.1, 0.15) is 12.6 Å². The van der Waals surface area contributed by atoms with Crippen molar-refractivity contribution >= 4 is 24.1 Å². The molecule has 1 aromatic rings. The molecule has 2 aliphatic rings. The maximum absolute atomic E-state index is 13.5. The normalized spacial score (nSPS) is 19.5. The van der Waals surface area contributed by atoms with Gasteiger partial charge in [0.15, 0.2) is 0 Å². The van der Waals surface area contributed by atoms with Gasteiger partial charge in [-0.3, -0.25) is 29.3 Å². The van der Waals surface area contributed by atoms with Gasteiger partial charge in [-0.05, 0) is 30.7 Å². The van der Waals surface area contributed by atoms with Crippen molar-refractivity contribution in [2.24, 2.45) is 11.8 Å². The third-order valence-electron chi connectivity index (χ3n) is 6.34. The number of benzene rings is 1. The lowest BCUT2D eigenvalue weighted by atomic mass is 9.91. The molecular formula is C24H33N3O5. The minimum Gasteiger partial charge on any atom is -0.330 e. The average molecular weight is 444 g/mol. The molecule has 3 rings (SSSR count). The Hall–Kier alpha value is -2.74. The first-order valence-electron chi connectivity index (χ1n) is 11.5. The molecule has 8 heteroatoms. The number of imide groups is 1. The zero-order valence-electron chi connectivity index (χ0n) is 18.7. The molecule has 0 unspecified atom stereocenters. The van der Waals surface area contributed by atoms with Crippen LogP contribution in [-0.2, 0) is 30.6 Å². The van der Waals surface area contributed by atoms with E-state index in [9.17, 15) is 19.2 Å². The Bertz CT molecular complexity index is 794. The molecule has 2 atom stereocenters. The molecule has 1 saturated heterocycles. The quantitative estimate of drug-likeness (QED) is 0.443. The minimum absolute atomic E-state index is 0.142. The van der Waals surface area contributed by atoms with Crippen LogP contribution in [0.1, 0.15) is 57.4 Å². The summed E-state index contributed by atoms with van der Waals surface area (Å²) >= 11 is 0. The van der Waals surface area contributed by atoms with Gasteiger partial charge in [-0.25, -0.2) is 5.06 Å². The number of hydrogen-bond donors (Lipinski definition) is 1. The highest BCUT2D eigenvalue weighted by Crippen LogP contribution is 2.32. The summed E-state index contributed by atoms with van der Waals surface area (Å²) in [4.78, 5) is 56.3. The van der Waals surface area contributed by atoms with Crippen LogP contribution in [0.2, 0.25) is 0 Å². The van der Waals surface area contributed by atoms with E-state index in [2.05, 4.69) is 5.32 Å².